The quantitative estimate of drug-likeness (QED) is 0.874. The number of aromatic amines is 1. The molecule has 2 aromatic rings. The fraction of sp³-hybridized carbons (Fsp3) is 0.143. The summed E-state index contributed by atoms with van der Waals surface area (Å²) >= 11 is 0. The Bertz CT molecular complexity index is 617. The lowest BCUT2D eigenvalue weighted by Crippen LogP contribution is -2.26. The Labute approximate surface area is 109 Å². The second-order valence-corrected chi connectivity index (χ2v) is 4.04. The molecule has 0 unspecified atom stereocenters. The molecule has 1 heterocycles. The van der Waals surface area contributed by atoms with E-state index in [1.807, 2.05) is 0 Å². The van der Waals surface area contributed by atoms with Gasteiger partial charge in [0.05, 0.1) is 5.56 Å². The smallest absolute Gasteiger partial charge is 0.252 e. The van der Waals surface area contributed by atoms with E-state index in [1.165, 1.54) is 24.4 Å². The monoisotopic (exact) mass is 260 g/mol. The molecule has 5 heteroatoms. The Balaban J connectivity index is 1.89. The number of rotatable bonds is 4. The van der Waals surface area contributed by atoms with Crippen LogP contribution < -0.4 is 10.9 Å². The van der Waals surface area contributed by atoms with Crippen molar-refractivity contribution in [3.63, 3.8) is 0 Å². The molecule has 0 saturated heterocycles. The highest BCUT2D eigenvalue weighted by Gasteiger charge is 2.05. The lowest BCUT2D eigenvalue weighted by atomic mass is 10.1. The summed E-state index contributed by atoms with van der Waals surface area (Å²) in [4.78, 5) is 25.0. The highest BCUT2D eigenvalue weighted by atomic mass is 19.1. The average molecular weight is 260 g/mol. The molecule has 1 aromatic heterocycles. The number of aromatic nitrogens is 1. The first kappa shape index (κ1) is 13.0. The van der Waals surface area contributed by atoms with E-state index < -0.39 is 0 Å². The maximum atomic E-state index is 13.3. The minimum atomic E-state index is -0.299. The van der Waals surface area contributed by atoms with Crippen molar-refractivity contribution in [2.45, 2.75) is 6.42 Å². The van der Waals surface area contributed by atoms with Crippen molar-refractivity contribution in [3.05, 3.63) is 69.9 Å². The Morgan fingerprint density at radius 3 is 2.68 bits per heavy atom. The van der Waals surface area contributed by atoms with Crippen LogP contribution in [-0.2, 0) is 6.42 Å². The number of pyridine rings is 1. The predicted molar refractivity (Wildman–Crippen MR) is 69.5 cm³/mol. The minimum Gasteiger partial charge on any atom is -0.352 e. The van der Waals surface area contributed by atoms with Gasteiger partial charge < -0.3 is 10.3 Å². The van der Waals surface area contributed by atoms with Gasteiger partial charge in [0.25, 0.3) is 5.91 Å². The normalized spacial score (nSPS) is 10.2. The molecule has 0 radical (unpaired) electrons. The summed E-state index contributed by atoms with van der Waals surface area (Å²) in [6.07, 6.45) is 1.77. The SMILES string of the molecule is O=C(NCCc1ccccc1F)c1ccc(=O)[nH]c1. The average Bonchev–Trinajstić information content (AvgIpc) is 2.41. The van der Waals surface area contributed by atoms with E-state index in [9.17, 15) is 14.0 Å². The van der Waals surface area contributed by atoms with Gasteiger partial charge in [-0.1, -0.05) is 18.2 Å². The van der Waals surface area contributed by atoms with E-state index in [4.69, 9.17) is 0 Å². The first-order valence-electron chi connectivity index (χ1n) is 5.87. The number of nitrogens with one attached hydrogen (secondary N) is 2. The second-order valence-electron chi connectivity index (χ2n) is 4.04. The number of carbonyl (C=O) groups is 1. The predicted octanol–water partition coefficient (Wildman–Crippen LogP) is 1.49. The van der Waals surface area contributed by atoms with Gasteiger partial charge in [0, 0.05) is 18.8 Å². The van der Waals surface area contributed by atoms with Crippen molar-refractivity contribution in [1.29, 1.82) is 0 Å². The number of halogens is 1. The number of hydrogen-bond donors (Lipinski definition) is 2. The highest BCUT2D eigenvalue weighted by Crippen LogP contribution is 2.06. The summed E-state index contributed by atoms with van der Waals surface area (Å²) < 4.78 is 13.3. The van der Waals surface area contributed by atoms with E-state index in [0.717, 1.165) is 0 Å². The molecule has 0 aliphatic rings. The molecule has 1 amide bonds. The first-order chi connectivity index (χ1) is 9.16. The zero-order valence-electron chi connectivity index (χ0n) is 10.2. The Kier molecular flexibility index (Phi) is 4.07. The molecule has 0 aliphatic heterocycles. The fourth-order valence-corrected chi connectivity index (χ4v) is 1.67. The molecule has 19 heavy (non-hydrogen) atoms. The van der Waals surface area contributed by atoms with Gasteiger partial charge in [-0.25, -0.2) is 4.39 Å². The van der Waals surface area contributed by atoms with Crippen LogP contribution in [0.3, 0.4) is 0 Å². The van der Waals surface area contributed by atoms with Gasteiger partial charge in [0.1, 0.15) is 5.82 Å². The number of amides is 1. The first-order valence-corrected chi connectivity index (χ1v) is 5.87. The Morgan fingerprint density at radius 1 is 1.21 bits per heavy atom. The molecule has 0 bridgehead atoms. The van der Waals surface area contributed by atoms with Crippen molar-refractivity contribution in [3.8, 4) is 0 Å². The molecule has 0 saturated carbocycles. The number of hydrogen-bond acceptors (Lipinski definition) is 2. The lowest BCUT2D eigenvalue weighted by molar-refractivity contribution is 0.0953. The van der Waals surface area contributed by atoms with Crippen LogP contribution in [0.2, 0.25) is 0 Å². The van der Waals surface area contributed by atoms with Crippen molar-refractivity contribution in [1.82, 2.24) is 10.3 Å². The van der Waals surface area contributed by atoms with Crippen LogP contribution in [0.5, 0.6) is 0 Å². The molecule has 1 aromatic carbocycles. The van der Waals surface area contributed by atoms with Crippen molar-refractivity contribution >= 4 is 5.91 Å². The topological polar surface area (TPSA) is 62.0 Å². The van der Waals surface area contributed by atoms with Gasteiger partial charge in [-0.15, -0.1) is 0 Å². The lowest BCUT2D eigenvalue weighted by Gasteiger charge is -2.05. The van der Waals surface area contributed by atoms with Gasteiger partial charge in [-0.3, -0.25) is 9.59 Å². The third-order valence-electron chi connectivity index (χ3n) is 2.68. The van der Waals surface area contributed by atoms with Gasteiger partial charge in [0.2, 0.25) is 5.56 Å². The van der Waals surface area contributed by atoms with Gasteiger partial charge in [0.15, 0.2) is 0 Å². The number of H-pyrrole nitrogens is 1. The zero-order valence-corrected chi connectivity index (χ0v) is 10.2. The van der Waals surface area contributed by atoms with Crippen LogP contribution in [0.4, 0.5) is 4.39 Å². The molecular formula is C14H13FN2O2. The second kappa shape index (κ2) is 5.95. The zero-order chi connectivity index (χ0) is 13.7. The molecule has 2 rings (SSSR count). The molecular weight excluding hydrogens is 247 g/mol. The Morgan fingerprint density at radius 2 is 2.00 bits per heavy atom. The van der Waals surface area contributed by atoms with Crippen molar-refractivity contribution in [2.75, 3.05) is 6.54 Å². The fourth-order valence-electron chi connectivity index (χ4n) is 1.67. The van der Waals surface area contributed by atoms with Crippen LogP contribution in [0.25, 0.3) is 0 Å². The van der Waals surface area contributed by atoms with E-state index in [1.54, 1.807) is 18.2 Å². The summed E-state index contributed by atoms with van der Waals surface area (Å²) in [5.41, 5.74) is 0.667. The molecule has 0 atom stereocenters. The third kappa shape index (κ3) is 3.51. The van der Waals surface area contributed by atoms with E-state index in [2.05, 4.69) is 10.3 Å². The standard InChI is InChI=1S/C14H13FN2O2/c15-12-4-2-1-3-10(12)7-8-16-14(19)11-5-6-13(18)17-9-11/h1-6,9H,7-8H2,(H,16,19)(H,17,18). The Hall–Kier alpha value is -2.43. The van der Waals surface area contributed by atoms with Crippen LogP contribution in [-0.4, -0.2) is 17.4 Å². The van der Waals surface area contributed by atoms with Gasteiger partial charge >= 0.3 is 0 Å². The third-order valence-corrected chi connectivity index (χ3v) is 2.68. The van der Waals surface area contributed by atoms with E-state index >= 15 is 0 Å². The van der Waals surface area contributed by atoms with Crippen LogP contribution in [0.15, 0.2) is 47.4 Å². The van der Waals surface area contributed by atoms with E-state index in [0.29, 0.717) is 24.1 Å². The molecule has 98 valence electrons. The highest BCUT2D eigenvalue weighted by molar-refractivity contribution is 5.93. The maximum absolute atomic E-state index is 13.3. The van der Waals surface area contributed by atoms with Crippen LogP contribution in [0.1, 0.15) is 15.9 Å². The van der Waals surface area contributed by atoms with Crippen molar-refractivity contribution < 1.29 is 9.18 Å². The van der Waals surface area contributed by atoms with E-state index in [-0.39, 0.29) is 17.3 Å². The number of carbonyl (C=O) groups excluding carboxylic acids is 1. The summed E-state index contributed by atoms with van der Waals surface area (Å²) in [5, 5.41) is 2.67. The molecule has 2 N–H and O–H groups in total. The van der Waals surface area contributed by atoms with Crippen LogP contribution >= 0.6 is 0 Å². The molecule has 0 aliphatic carbocycles. The molecule has 0 spiro atoms. The summed E-state index contributed by atoms with van der Waals surface area (Å²) in [6.45, 7) is 0.332. The van der Waals surface area contributed by atoms with Crippen LogP contribution in [0, 0.1) is 5.82 Å². The van der Waals surface area contributed by atoms with Gasteiger partial charge in [-0.05, 0) is 24.1 Å². The van der Waals surface area contributed by atoms with Gasteiger partial charge in [-0.2, -0.15) is 0 Å². The summed E-state index contributed by atoms with van der Waals surface area (Å²) in [6, 6.07) is 9.17. The minimum absolute atomic E-state index is 0.261. The number of benzene rings is 1. The maximum Gasteiger partial charge on any atom is 0.252 e. The summed E-state index contributed by atoms with van der Waals surface area (Å²) in [7, 11) is 0. The molecule has 4 nitrogen and oxygen atoms in total. The molecule has 0 fully saturated rings. The van der Waals surface area contributed by atoms with Crippen molar-refractivity contribution in [2.24, 2.45) is 0 Å². The largest absolute Gasteiger partial charge is 0.352 e. The summed E-state index contributed by atoms with van der Waals surface area (Å²) in [5.74, 6) is -0.576.